The average molecular weight is 369 g/mol. The van der Waals surface area contributed by atoms with Gasteiger partial charge in [-0.05, 0) is 64.1 Å². The molecular formula is C20H40N4O2. The highest BCUT2D eigenvalue weighted by Crippen LogP contribution is 2.16. The van der Waals surface area contributed by atoms with Crippen LogP contribution in [0.1, 0.15) is 45.4 Å². The van der Waals surface area contributed by atoms with Crippen molar-refractivity contribution in [1.82, 2.24) is 15.5 Å². The van der Waals surface area contributed by atoms with Crippen LogP contribution < -0.4 is 10.6 Å². The monoisotopic (exact) mass is 368 g/mol. The summed E-state index contributed by atoms with van der Waals surface area (Å²) in [5.41, 5.74) is 0. The number of guanidine groups is 1. The van der Waals surface area contributed by atoms with Crippen LogP contribution in [-0.4, -0.2) is 77.1 Å². The van der Waals surface area contributed by atoms with Crippen LogP contribution in [0.3, 0.4) is 0 Å². The Morgan fingerprint density at radius 2 is 1.88 bits per heavy atom. The van der Waals surface area contributed by atoms with E-state index >= 15 is 0 Å². The van der Waals surface area contributed by atoms with E-state index in [0.29, 0.717) is 5.92 Å². The van der Waals surface area contributed by atoms with Crippen molar-refractivity contribution in [2.45, 2.75) is 45.4 Å². The number of likely N-dealkylation sites (tertiary alicyclic amines) is 1. The maximum atomic E-state index is 5.73. The minimum absolute atomic E-state index is 0.603. The number of piperidine rings is 1. The molecule has 0 aliphatic carbocycles. The fourth-order valence-electron chi connectivity index (χ4n) is 3.52. The fraction of sp³-hybridized carbons (Fsp3) is 0.950. The second kappa shape index (κ2) is 13.3. The molecule has 0 amide bonds. The largest absolute Gasteiger partial charge is 0.381 e. The Hall–Kier alpha value is -0.850. The van der Waals surface area contributed by atoms with Gasteiger partial charge in [0.05, 0.1) is 13.2 Å². The average Bonchev–Trinajstić information content (AvgIpc) is 3.17. The molecule has 1 unspecified atom stereocenters. The molecular weight excluding hydrogens is 328 g/mol. The van der Waals surface area contributed by atoms with Crippen LogP contribution >= 0.6 is 0 Å². The number of nitrogens with zero attached hydrogens (tertiary/aromatic N) is 2. The van der Waals surface area contributed by atoms with E-state index in [9.17, 15) is 0 Å². The highest BCUT2D eigenvalue weighted by molar-refractivity contribution is 5.79. The third-order valence-corrected chi connectivity index (χ3v) is 5.43. The van der Waals surface area contributed by atoms with E-state index in [4.69, 9.17) is 9.47 Å². The molecule has 0 aromatic rings. The molecule has 2 fully saturated rings. The van der Waals surface area contributed by atoms with Crippen LogP contribution in [-0.2, 0) is 9.47 Å². The number of ether oxygens (including phenoxy) is 2. The number of hydrogen-bond donors (Lipinski definition) is 2. The smallest absolute Gasteiger partial charge is 0.190 e. The maximum Gasteiger partial charge on any atom is 0.190 e. The minimum Gasteiger partial charge on any atom is -0.381 e. The molecule has 0 spiro atoms. The molecule has 2 rings (SSSR count). The van der Waals surface area contributed by atoms with Crippen molar-refractivity contribution in [3.63, 3.8) is 0 Å². The van der Waals surface area contributed by atoms with E-state index in [-0.39, 0.29) is 0 Å². The van der Waals surface area contributed by atoms with E-state index in [1.54, 1.807) is 0 Å². The van der Waals surface area contributed by atoms with E-state index in [2.05, 4.69) is 27.4 Å². The Morgan fingerprint density at radius 3 is 2.58 bits per heavy atom. The lowest BCUT2D eigenvalue weighted by molar-refractivity contribution is 0.0888. The van der Waals surface area contributed by atoms with Crippen LogP contribution in [0.4, 0.5) is 0 Å². The minimum atomic E-state index is 0.603. The summed E-state index contributed by atoms with van der Waals surface area (Å²) in [7, 11) is 1.83. The first-order valence-corrected chi connectivity index (χ1v) is 10.6. The molecule has 0 aromatic heterocycles. The fourth-order valence-corrected chi connectivity index (χ4v) is 3.52. The van der Waals surface area contributed by atoms with Gasteiger partial charge < -0.3 is 25.0 Å². The molecule has 1 atom stereocenters. The summed E-state index contributed by atoms with van der Waals surface area (Å²) < 4.78 is 11.1. The summed E-state index contributed by atoms with van der Waals surface area (Å²) in [5.74, 6) is 2.43. The van der Waals surface area contributed by atoms with Gasteiger partial charge in [-0.3, -0.25) is 4.99 Å². The topological polar surface area (TPSA) is 58.1 Å². The van der Waals surface area contributed by atoms with Crippen molar-refractivity contribution in [3.05, 3.63) is 0 Å². The SMILES string of the molecule is CN=C(NCCCCN1CCC(C)CC1)NCCCOCC1CCOC1. The first-order valence-electron chi connectivity index (χ1n) is 10.6. The maximum absolute atomic E-state index is 5.73. The molecule has 152 valence electrons. The molecule has 0 bridgehead atoms. The summed E-state index contributed by atoms with van der Waals surface area (Å²) in [6, 6.07) is 0. The van der Waals surface area contributed by atoms with Crippen molar-refractivity contribution < 1.29 is 9.47 Å². The molecule has 2 aliphatic heterocycles. The van der Waals surface area contributed by atoms with Crippen molar-refractivity contribution in [3.8, 4) is 0 Å². The van der Waals surface area contributed by atoms with Gasteiger partial charge in [0.25, 0.3) is 0 Å². The van der Waals surface area contributed by atoms with Crippen molar-refractivity contribution in [2.75, 3.05) is 66.2 Å². The summed E-state index contributed by atoms with van der Waals surface area (Å²) in [4.78, 5) is 6.91. The van der Waals surface area contributed by atoms with Gasteiger partial charge in [-0.2, -0.15) is 0 Å². The van der Waals surface area contributed by atoms with Gasteiger partial charge in [-0.25, -0.2) is 0 Å². The quantitative estimate of drug-likeness (QED) is 0.332. The molecule has 6 heteroatoms. The number of hydrogen-bond acceptors (Lipinski definition) is 4. The van der Waals surface area contributed by atoms with Crippen LogP contribution in [0.25, 0.3) is 0 Å². The number of rotatable bonds is 11. The first kappa shape index (κ1) is 21.5. The number of unbranched alkanes of at least 4 members (excludes halogenated alkanes) is 1. The zero-order chi connectivity index (χ0) is 18.5. The van der Waals surface area contributed by atoms with E-state index in [1.807, 2.05) is 7.05 Å². The van der Waals surface area contributed by atoms with Gasteiger partial charge >= 0.3 is 0 Å². The zero-order valence-corrected chi connectivity index (χ0v) is 17.0. The zero-order valence-electron chi connectivity index (χ0n) is 17.0. The Morgan fingerprint density at radius 1 is 1.12 bits per heavy atom. The number of nitrogens with one attached hydrogen (secondary N) is 2. The molecule has 0 radical (unpaired) electrons. The van der Waals surface area contributed by atoms with Gasteiger partial charge in [-0.1, -0.05) is 6.92 Å². The molecule has 2 saturated heterocycles. The van der Waals surface area contributed by atoms with Crippen LogP contribution in [0.2, 0.25) is 0 Å². The van der Waals surface area contributed by atoms with Crippen LogP contribution in [0.15, 0.2) is 4.99 Å². The molecule has 0 saturated carbocycles. The summed E-state index contributed by atoms with van der Waals surface area (Å²) >= 11 is 0. The Kier molecular flexibility index (Phi) is 11.0. The second-order valence-electron chi connectivity index (χ2n) is 7.82. The summed E-state index contributed by atoms with van der Waals surface area (Å²) in [6.07, 6.45) is 7.34. The number of aliphatic imine (C=N–C) groups is 1. The lowest BCUT2D eigenvalue weighted by atomic mass is 9.99. The van der Waals surface area contributed by atoms with Gasteiger partial charge in [0, 0.05) is 39.3 Å². The molecule has 2 aliphatic rings. The van der Waals surface area contributed by atoms with E-state index in [1.165, 1.54) is 45.3 Å². The molecule has 0 aromatic carbocycles. The van der Waals surface area contributed by atoms with Gasteiger partial charge in [-0.15, -0.1) is 0 Å². The van der Waals surface area contributed by atoms with Gasteiger partial charge in [0.1, 0.15) is 0 Å². The third-order valence-electron chi connectivity index (χ3n) is 5.43. The predicted molar refractivity (Wildman–Crippen MR) is 108 cm³/mol. The Labute approximate surface area is 160 Å². The summed E-state index contributed by atoms with van der Waals surface area (Å²) in [6.45, 7) is 11.5. The highest BCUT2D eigenvalue weighted by atomic mass is 16.5. The molecule has 26 heavy (non-hydrogen) atoms. The molecule has 6 nitrogen and oxygen atoms in total. The first-order chi connectivity index (χ1) is 12.8. The molecule has 2 N–H and O–H groups in total. The Bertz CT molecular complexity index is 378. The third kappa shape index (κ3) is 9.19. The van der Waals surface area contributed by atoms with Crippen LogP contribution in [0.5, 0.6) is 0 Å². The normalized spacial score (nSPS) is 22.7. The standard InChI is InChI=1S/C20H40N4O2/c1-18-6-12-24(13-7-18)11-4-3-9-22-20(21-2)23-10-5-14-25-16-19-8-15-26-17-19/h18-19H,3-17H2,1-2H3,(H2,21,22,23). The molecule has 2 heterocycles. The van der Waals surface area contributed by atoms with E-state index in [0.717, 1.165) is 64.2 Å². The van der Waals surface area contributed by atoms with Crippen LogP contribution in [0, 0.1) is 11.8 Å². The van der Waals surface area contributed by atoms with E-state index < -0.39 is 0 Å². The van der Waals surface area contributed by atoms with Crippen molar-refractivity contribution in [1.29, 1.82) is 0 Å². The predicted octanol–water partition coefficient (Wildman–Crippen LogP) is 2.11. The van der Waals surface area contributed by atoms with Gasteiger partial charge in [0.15, 0.2) is 5.96 Å². The van der Waals surface area contributed by atoms with Crippen molar-refractivity contribution in [2.24, 2.45) is 16.8 Å². The second-order valence-corrected chi connectivity index (χ2v) is 7.82. The van der Waals surface area contributed by atoms with Crippen molar-refractivity contribution >= 4 is 5.96 Å². The highest BCUT2D eigenvalue weighted by Gasteiger charge is 2.15. The lowest BCUT2D eigenvalue weighted by Crippen LogP contribution is -2.39. The van der Waals surface area contributed by atoms with Gasteiger partial charge in [0.2, 0.25) is 0 Å². The Balaban J connectivity index is 1.39. The summed E-state index contributed by atoms with van der Waals surface area (Å²) in [5, 5.41) is 6.78. The lowest BCUT2D eigenvalue weighted by Gasteiger charge is -2.30.